The van der Waals surface area contributed by atoms with Gasteiger partial charge in [-0.15, -0.1) is 0 Å². The fourth-order valence-corrected chi connectivity index (χ4v) is 4.66. The molecule has 0 spiro atoms. The van der Waals surface area contributed by atoms with Gasteiger partial charge >= 0.3 is 6.01 Å². The third kappa shape index (κ3) is 4.92. The van der Waals surface area contributed by atoms with Gasteiger partial charge in [-0.3, -0.25) is 0 Å². The molecule has 1 aliphatic rings. The van der Waals surface area contributed by atoms with E-state index in [9.17, 15) is 0 Å². The van der Waals surface area contributed by atoms with E-state index in [1.54, 1.807) is 0 Å². The zero-order valence-corrected chi connectivity index (χ0v) is 22.1. The summed E-state index contributed by atoms with van der Waals surface area (Å²) in [4.78, 5) is 16.1. The number of hydrogen-bond donors (Lipinski definition) is 0. The molecule has 7 nitrogen and oxygen atoms in total. The van der Waals surface area contributed by atoms with Crippen LogP contribution < -0.4 is 19.1 Å². The molecule has 2 heterocycles. The van der Waals surface area contributed by atoms with Gasteiger partial charge in [-0.25, -0.2) is 4.98 Å². The average molecular weight is 537 g/mol. The third-order valence-corrected chi connectivity index (χ3v) is 6.70. The van der Waals surface area contributed by atoms with Gasteiger partial charge in [-0.1, -0.05) is 84.9 Å². The Labute approximate surface area is 237 Å². The molecular weight excluding hydrogens is 512 g/mol. The quantitative estimate of drug-likeness (QED) is 0.211. The third-order valence-electron chi connectivity index (χ3n) is 6.70. The second kappa shape index (κ2) is 10.5. The average Bonchev–Trinajstić information content (AvgIpc) is 3.03. The lowest BCUT2D eigenvalue weighted by molar-refractivity contribution is 0.396. The number of aromatic nitrogens is 3. The van der Waals surface area contributed by atoms with Crippen LogP contribution in [0, 0.1) is 0 Å². The molecule has 1 aromatic heterocycles. The van der Waals surface area contributed by atoms with Gasteiger partial charge < -0.3 is 19.1 Å². The molecule has 0 N–H and O–H groups in total. The second-order valence-corrected chi connectivity index (χ2v) is 9.41. The summed E-state index contributed by atoms with van der Waals surface area (Å²) in [7, 11) is 2.02. The largest absolute Gasteiger partial charge is 0.453 e. The number of hydrogen-bond acceptors (Lipinski definition) is 7. The zero-order valence-electron chi connectivity index (χ0n) is 22.1. The minimum Gasteiger partial charge on any atom is -0.453 e. The Bertz CT molecular complexity index is 1790. The first-order valence-corrected chi connectivity index (χ1v) is 13.2. The lowest BCUT2D eigenvalue weighted by atomic mass is 10.2. The predicted octanol–water partition coefficient (Wildman–Crippen LogP) is 8.66. The molecule has 7 heteroatoms. The van der Waals surface area contributed by atoms with Crippen molar-refractivity contribution in [1.82, 2.24) is 15.0 Å². The van der Waals surface area contributed by atoms with Crippen molar-refractivity contribution < 1.29 is 14.2 Å². The summed E-state index contributed by atoms with van der Waals surface area (Å²) in [6.07, 6.45) is 0. The van der Waals surface area contributed by atoms with Crippen molar-refractivity contribution in [3.05, 3.63) is 127 Å². The van der Waals surface area contributed by atoms with E-state index in [1.165, 1.54) is 0 Å². The highest BCUT2D eigenvalue weighted by atomic mass is 16.5. The Morgan fingerprint density at radius 2 is 1.10 bits per heavy atom. The van der Waals surface area contributed by atoms with E-state index in [2.05, 4.69) is 14.9 Å². The molecule has 0 radical (unpaired) electrons. The fraction of sp³-hybridized carbons (Fsp3) is 0.0294. The topological polar surface area (TPSA) is 69.6 Å². The van der Waals surface area contributed by atoms with Crippen molar-refractivity contribution in [2.75, 3.05) is 11.9 Å². The molecule has 7 rings (SSSR count). The van der Waals surface area contributed by atoms with E-state index in [1.807, 2.05) is 134 Å². The Morgan fingerprint density at radius 1 is 0.537 bits per heavy atom. The van der Waals surface area contributed by atoms with Crippen LogP contribution in [-0.4, -0.2) is 22.0 Å². The van der Waals surface area contributed by atoms with E-state index in [0.717, 1.165) is 28.3 Å². The Morgan fingerprint density at radius 3 is 1.78 bits per heavy atom. The minimum absolute atomic E-state index is 0.167. The summed E-state index contributed by atoms with van der Waals surface area (Å²) in [5, 5.41) is 0. The van der Waals surface area contributed by atoms with Crippen LogP contribution in [-0.2, 0) is 0 Å². The highest BCUT2D eigenvalue weighted by Crippen LogP contribution is 2.47. The molecule has 41 heavy (non-hydrogen) atoms. The maximum atomic E-state index is 6.31. The van der Waals surface area contributed by atoms with E-state index in [-0.39, 0.29) is 6.01 Å². The zero-order chi connectivity index (χ0) is 27.6. The van der Waals surface area contributed by atoms with Gasteiger partial charge in [0.25, 0.3) is 0 Å². The molecule has 0 unspecified atom stereocenters. The number of anilines is 2. The summed E-state index contributed by atoms with van der Waals surface area (Å²) in [5.41, 5.74) is 3.69. The number of rotatable bonds is 6. The van der Waals surface area contributed by atoms with E-state index in [0.29, 0.717) is 34.6 Å². The molecule has 0 atom stereocenters. The molecule has 0 aliphatic carbocycles. The number of benzene rings is 5. The maximum absolute atomic E-state index is 6.31. The van der Waals surface area contributed by atoms with Crippen LogP contribution in [0.1, 0.15) is 0 Å². The van der Waals surface area contributed by atoms with Crippen LogP contribution in [0.25, 0.3) is 22.8 Å². The van der Waals surface area contributed by atoms with Crippen molar-refractivity contribution in [3.8, 4) is 57.5 Å². The van der Waals surface area contributed by atoms with Crippen LogP contribution in [0.15, 0.2) is 127 Å². The molecule has 0 fully saturated rings. The number of fused-ring (bicyclic) bond motifs is 2. The summed E-state index contributed by atoms with van der Waals surface area (Å²) in [6, 6.07) is 40.8. The molecule has 198 valence electrons. The molecule has 0 bridgehead atoms. The predicted molar refractivity (Wildman–Crippen MR) is 158 cm³/mol. The molecule has 6 aromatic rings. The lowest BCUT2D eigenvalue weighted by Crippen LogP contribution is -2.15. The molecule has 1 aliphatic heterocycles. The molecule has 5 aromatic carbocycles. The highest BCUT2D eigenvalue weighted by molar-refractivity contribution is 5.78. The summed E-state index contributed by atoms with van der Waals surface area (Å²) in [5.74, 6) is 4.13. The highest BCUT2D eigenvalue weighted by Gasteiger charge is 2.22. The summed E-state index contributed by atoms with van der Waals surface area (Å²) in [6.45, 7) is 0. The van der Waals surface area contributed by atoms with Crippen molar-refractivity contribution >= 4 is 11.4 Å². The van der Waals surface area contributed by atoms with Gasteiger partial charge in [-0.05, 0) is 36.4 Å². The van der Waals surface area contributed by atoms with Crippen LogP contribution in [0.5, 0.6) is 34.8 Å². The van der Waals surface area contributed by atoms with E-state index in [4.69, 9.17) is 19.2 Å². The van der Waals surface area contributed by atoms with Gasteiger partial charge in [0, 0.05) is 24.2 Å². The Hall–Kier alpha value is -5.69. The van der Waals surface area contributed by atoms with Crippen LogP contribution >= 0.6 is 0 Å². The fourth-order valence-electron chi connectivity index (χ4n) is 4.66. The Balaban J connectivity index is 1.21. The van der Waals surface area contributed by atoms with Gasteiger partial charge in [0.1, 0.15) is 5.75 Å². The van der Waals surface area contributed by atoms with Gasteiger partial charge in [0.15, 0.2) is 34.6 Å². The van der Waals surface area contributed by atoms with Crippen molar-refractivity contribution in [3.63, 3.8) is 0 Å². The van der Waals surface area contributed by atoms with Gasteiger partial charge in [0.05, 0.1) is 11.4 Å². The lowest BCUT2D eigenvalue weighted by Gasteiger charge is -2.29. The van der Waals surface area contributed by atoms with Crippen LogP contribution in [0.4, 0.5) is 11.4 Å². The first-order chi connectivity index (χ1) is 20.2. The van der Waals surface area contributed by atoms with Crippen LogP contribution in [0.2, 0.25) is 0 Å². The van der Waals surface area contributed by atoms with Gasteiger partial charge in [-0.2, -0.15) is 9.97 Å². The first-order valence-electron chi connectivity index (χ1n) is 13.2. The van der Waals surface area contributed by atoms with Crippen molar-refractivity contribution in [2.45, 2.75) is 0 Å². The second-order valence-electron chi connectivity index (χ2n) is 9.41. The SMILES string of the molecule is CN1c2ccccc2Oc2cc(Oc3ccccc3Oc3nc(-c4ccccc4)nc(-c4ccccc4)n3)ccc21. The number of ether oxygens (including phenoxy) is 3. The molecular formula is C34H24N4O3. The van der Waals surface area contributed by atoms with E-state index < -0.39 is 0 Å². The molecule has 0 saturated heterocycles. The number of para-hydroxylation sites is 4. The normalized spacial score (nSPS) is 11.7. The number of nitrogens with zero attached hydrogens (tertiary/aromatic N) is 4. The maximum Gasteiger partial charge on any atom is 0.326 e. The standard InChI is InChI=1S/C34H24N4O3/c1-38-26-16-8-9-17-28(26)40-31-22-25(20-21-27(31)38)39-29-18-10-11-19-30(29)41-34-36-32(23-12-4-2-5-13-23)35-33(37-34)24-14-6-3-7-15-24/h2-22H,1H3. The molecule has 0 amide bonds. The molecule has 0 saturated carbocycles. The Kier molecular flexibility index (Phi) is 6.22. The van der Waals surface area contributed by atoms with Crippen molar-refractivity contribution in [1.29, 1.82) is 0 Å². The monoisotopic (exact) mass is 536 g/mol. The van der Waals surface area contributed by atoms with Crippen LogP contribution in [0.3, 0.4) is 0 Å². The van der Waals surface area contributed by atoms with Crippen molar-refractivity contribution in [2.24, 2.45) is 0 Å². The summed E-state index contributed by atoms with van der Waals surface area (Å²) < 4.78 is 18.7. The summed E-state index contributed by atoms with van der Waals surface area (Å²) >= 11 is 0. The first kappa shape index (κ1) is 24.4. The minimum atomic E-state index is 0.167. The van der Waals surface area contributed by atoms with E-state index >= 15 is 0 Å². The smallest absolute Gasteiger partial charge is 0.326 e. The van der Waals surface area contributed by atoms with Gasteiger partial charge in [0.2, 0.25) is 0 Å².